The first-order valence-corrected chi connectivity index (χ1v) is 13.8. The molecule has 0 unspecified atom stereocenters. The summed E-state index contributed by atoms with van der Waals surface area (Å²) in [5, 5.41) is 10.1. The molecule has 0 bridgehead atoms. The molecule has 3 aliphatic rings. The van der Waals surface area contributed by atoms with E-state index in [1.54, 1.807) is 0 Å². The van der Waals surface area contributed by atoms with Gasteiger partial charge in [0.1, 0.15) is 24.5 Å². The Morgan fingerprint density at radius 2 is 1.60 bits per heavy atom. The maximum atomic E-state index is 13.2. The molecular weight excluding hydrogens is 516 g/mol. The van der Waals surface area contributed by atoms with Crippen LogP contribution in [0.4, 0.5) is 0 Å². The molecule has 0 heterocycles. The van der Waals surface area contributed by atoms with Crippen molar-refractivity contribution in [1.29, 1.82) is 0 Å². The standard InChI is InChI=1S/C29H36N4O7/c1-2-18-12-21-20(8-9-23(21)34)22(13-18)27(38)33-29(10-11-29)28(39)32-15-25(36)30-14-24(35)31-16-26(37)40-17-19-6-4-3-5-7-19/h3-7,13,18,20-21H,2,8-12,14-17H2,1H3,(H,30,36)(H,31,35)(H,32,39)(H,33,38)/t18-,20+,21+/m1/s1. The van der Waals surface area contributed by atoms with Crippen molar-refractivity contribution in [3.63, 3.8) is 0 Å². The van der Waals surface area contributed by atoms with E-state index in [1.165, 1.54) is 0 Å². The van der Waals surface area contributed by atoms with Crippen LogP contribution in [0.25, 0.3) is 0 Å². The lowest BCUT2D eigenvalue weighted by molar-refractivity contribution is -0.145. The molecular formula is C29H36N4O7. The highest BCUT2D eigenvalue weighted by Crippen LogP contribution is 2.44. The molecule has 1 aromatic carbocycles. The van der Waals surface area contributed by atoms with Crippen LogP contribution in [-0.4, -0.2) is 60.6 Å². The number of hydrogen-bond donors (Lipinski definition) is 4. The molecule has 214 valence electrons. The predicted molar refractivity (Wildman–Crippen MR) is 143 cm³/mol. The number of ketones is 1. The molecule has 1 aromatic rings. The minimum Gasteiger partial charge on any atom is -0.460 e. The van der Waals surface area contributed by atoms with Crippen LogP contribution in [0.2, 0.25) is 0 Å². The first kappa shape index (κ1) is 29.0. The third-order valence-corrected chi connectivity index (χ3v) is 7.82. The number of Topliss-reactive ketones (excluding diaryl/α,β-unsaturated/α-hetero) is 1. The highest BCUT2D eigenvalue weighted by molar-refractivity contribution is 6.02. The largest absolute Gasteiger partial charge is 0.460 e. The Hall–Kier alpha value is -4.02. The third kappa shape index (κ3) is 7.34. The van der Waals surface area contributed by atoms with E-state index in [9.17, 15) is 28.8 Å². The molecule has 3 atom stereocenters. The van der Waals surface area contributed by atoms with Gasteiger partial charge in [-0.25, -0.2) is 0 Å². The van der Waals surface area contributed by atoms with Crippen molar-refractivity contribution in [2.24, 2.45) is 17.8 Å². The molecule has 0 aromatic heterocycles. The molecule has 0 saturated heterocycles. The van der Waals surface area contributed by atoms with Gasteiger partial charge in [0, 0.05) is 17.9 Å². The van der Waals surface area contributed by atoms with Gasteiger partial charge in [0.25, 0.3) is 0 Å². The summed E-state index contributed by atoms with van der Waals surface area (Å²) in [4.78, 5) is 74.2. The summed E-state index contributed by atoms with van der Waals surface area (Å²) in [5.41, 5.74) is 0.340. The van der Waals surface area contributed by atoms with Crippen LogP contribution in [0.15, 0.2) is 42.0 Å². The van der Waals surface area contributed by atoms with E-state index in [1.807, 2.05) is 43.3 Å². The molecule has 3 aliphatic carbocycles. The Morgan fingerprint density at radius 1 is 0.925 bits per heavy atom. The Bertz CT molecular complexity index is 1190. The maximum absolute atomic E-state index is 13.2. The van der Waals surface area contributed by atoms with Gasteiger partial charge in [0.15, 0.2) is 0 Å². The van der Waals surface area contributed by atoms with Gasteiger partial charge in [-0.05, 0) is 49.5 Å². The topological polar surface area (TPSA) is 160 Å². The number of amides is 4. The van der Waals surface area contributed by atoms with Crippen molar-refractivity contribution < 1.29 is 33.5 Å². The second-order valence-electron chi connectivity index (χ2n) is 10.7. The molecule has 11 heteroatoms. The quantitative estimate of drug-likeness (QED) is 0.278. The zero-order chi connectivity index (χ0) is 28.7. The molecule has 2 saturated carbocycles. The first-order valence-electron chi connectivity index (χ1n) is 13.8. The van der Waals surface area contributed by atoms with Gasteiger partial charge in [0.05, 0.1) is 13.1 Å². The smallest absolute Gasteiger partial charge is 0.325 e. The molecule has 4 amide bonds. The van der Waals surface area contributed by atoms with Gasteiger partial charge >= 0.3 is 5.97 Å². The molecule has 0 aliphatic heterocycles. The van der Waals surface area contributed by atoms with E-state index < -0.39 is 29.2 Å². The average molecular weight is 553 g/mol. The number of hydrogen-bond acceptors (Lipinski definition) is 7. The fraction of sp³-hybridized carbons (Fsp3) is 0.517. The van der Waals surface area contributed by atoms with Crippen molar-refractivity contribution in [3.05, 3.63) is 47.5 Å². The molecule has 0 spiro atoms. The molecule has 40 heavy (non-hydrogen) atoms. The van der Waals surface area contributed by atoms with E-state index >= 15 is 0 Å². The summed E-state index contributed by atoms with van der Waals surface area (Å²) in [7, 11) is 0. The fourth-order valence-electron chi connectivity index (χ4n) is 5.29. The monoisotopic (exact) mass is 552 g/mol. The van der Waals surface area contributed by atoms with Crippen LogP contribution in [0.3, 0.4) is 0 Å². The Balaban J connectivity index is 1.16. The molecule has 4 N–H and O–H groups in total. The zero-order valence-electron chi connectivity index (χ0n) is 22.6. The summed E-state index contributed by atoms with van der Waals surface area (Å²) in [6.45, 7) is 1.03. The van der Waals surface area contributed by atoms with Gasteiger partial charge in [-0.3, -0.25) is 28.8 Å². The van der Waals surface area contributed by atoms with Crippen molar-refractivity contribution in [2.75, 3.05) is 19.6 Å². The van der Waals surface area contributed by atoms with Crippen molar-refractivity contribution >= 4 is 35.4 Å². The normalized spacial score (nSPS) is 22.3. The van der Waals surface area contributed by atoms with Crippen LogP contribution in [0, 0.1) is 17.8 Å². The van der Waals surface area contributed by atoms with E-state index in [0.717, 1.165) is 18.4 Å². The number of allylic oxidation sites excluding steroid dienone is 1. The van der Waals surface area contributed by atoms with Crippen LogP contribution in [0.5, 0.6) is 0 Å². The summed E-state index contributed by atoms with van der Waals surface area (Å²) < 4.78 is 5.07. The van der Waals surface area contributed by atoms with Crippen molar-refractivity contribution in [3.8, 4) is 0 Å². The number of rotatable bonds is 12. The van der Waals surface area contributed by atoms with Gasteiger partial charge < -0.3 is 26.0 Å². The van der Waals surface area contributed by atoms with E-state index in [0.29, 0.717) is 31.3 Å². The second kappa shape index (κ2) is 12.9. The highest BCUT2D eigenvalue weighted by Gasteiger charge is 2.52. The van der Waals surface area contributed by atoms with E-state index in [2.05, 4.69) is 21.3 Å². The molecule has 2 fully saturated rings. The highest BCUT2D eigenvalue weighted by atomic mass is 16.5. The van der Waals surface area contributed by atoms with Gasteiger partial charge in [-0.1, -0.05) is 43.3 Å². The van der Waals surface area contributed by atoms with Gasteiger partial charge in [-0.2, -0.15) is 0 Å². The Morgan fingerprint density at radius 3 is 2.27 bits per heavy atom. The number of nitrogens with one attached hydrogen (secondary N) is 4. The summed E-state index contributed by atoms with van der Waals surface area (Å²) in [6.07, 6.45) is 5.61. The fourth-order valence-corrected chi connectivity index (χ4v) is 5.29. The minimum atomic E-state index is -1.08. The summed E-state index contributed by atoms with van der Waals surface area (Å²) in [6, 6.07) is 9.10. The Labute approximate surface area is 232 Å². The van der Waals surface area contributed by atoms with Gasteiger partial charge in [0.2, 0.25) is 23.6 Å². The van der Waals surface area contributed by atoms with E-state index in [4.69, 9.17) is 4.74 Å². The SMILES string of the molecule is CC[C@H]1C=C(C(=O)NC2(C(=O)NCC(=O)NCC(=O)NCC(=O)OCc3ccccc3)CC2)[C@H]2CCC(=O)[C@H]2C1. The first-order chi connectivity index (χ1) is 19.2. The van der Waals surface area contributed by atoms with Crippen molar-refractivity contribution in [2.45, 2.75) is 57.6 Å². The number of fused-ring (bicyclic) bond motifs is 1. The average Bonchev–Trinajstić information content (AvgIpc) is 3.66. The Kier molecular flexibility index (Phi) is 9.34. The molecule has 11 nitrogen and oxygen atoms in total. The maximum Gasteiger partial charge on any atom is 0.325 e. The third-order valence-electron chi connectivity index (χ3n) is 7.82. The predicted octanol–water partition coefficient (Wildman–Crippen LogP) is 0.679. The second-order valence-corrected chi connectivity index (χ2v) is 10.7. The van der Waals surface area contributed by atoms with E-state index in [-0.39, 0.29) is 55.7 Å². The van der Waals surface area contributed by atoms with Crippen LogP contribution in [-0.2, 0) is 40.1 Å². The minimum absolute atomic E-state index is 0.0888. The van der Waals surface area contributed by atoms with Gasteiger partial charge in [-0.15, -0.1) is 0 Å². The van der Waals surface area contributed by atoms with Crippen molar-refractivity contribution in [1.82, 2.24) is 21.3 Å². The lowest BCUT2D eigenvalue weighted by atomic mass is 9.74. The zero-order valence-corrected chi connectivity index (χ0v) is 22.6. The molecule has 0 radical (unpaired) electrons. The number of carbonyl (C=O) groups excluding carboxylic acids is 6. The lowest BCUT2D eigenvalue weighted by Crippen LogP contribution is -2.52. The summed E-state index contributed by atoms with van der Waals surface area (Å²) in [5.74, 6) is -2.43. The number of carbonyl (C=O) groups is 6. The van der Waals surface area contributed by atoms with Crippen LogP contribution < -0.4 is 21.3 Å². The number of ether oxygens (including phenoxy) is 1. The van der Waals surface area contributed by atoms with Crippen LogP contribution >= 0.6 is 0 Å². The number of esters is 1. The lowest BCUT2D eigenvalue weighted by Gasteiger charge is -2.30. The molecule has 4 rings (SSSR count). The van der Waals surface area contributed by atoms with Crippen LogP contribution in [0.1, 0.15) is 51.0 Å². The summed E-state index contributed by atoms with van der Waals surface area (Å²) >= 11 is 0. The number of benzene rings is 1.